The summed E-state index contributed by atoms with van der Waals surface area (Å²) in [7, 11) is 1.67. The molecular formula is C12H23N3O2. The van der Waals surface area contributed by atoms with Gasteiger partial charge in [-0.25, -0.2) is 0 Å². The van der Waals surface area contributed by atoms with Gasteiger partial charge in [-0.3, -0.25) is 9.59 Å². The van der Waals surface area contributed by atoms with Crippen molar-refractivity contribution in [3.8, 4) is 0 Å². The van der Waals surface area contributed by atoms with Crippen LogP contribution in [0.4, 0.5) is 0 Å². The monoisotopic (exact) mass is 241 g/mol. The van der Waals surface area contributed by atoms with E-state index in [1.54, 1.807) is 7.05 Å². The highest BCUT2D eigenvalue weighted by molar-refractivity contribution is 5.87. The Morgan fingerprint density at radius 3 is 2.53 bits per heavy atom. The van der Waals surface area contributed by atoms with Crippen LogP contribution in [0.1, 0.15) is 33.6 Å². The van der Waals surface area contributed by atoms with Crippen LogP contribution in [0.25, 0.3) is 0 Å². The van der Waals surface area contributed by atoms with Gasteiger partial charge in [-0.2, -0.15) is 0 Å². The molecule has 5 nitrogen and oxygen atoms in total. The van der Waals surface area contributed by atoms with E-state index in [1.807, 2.05) is 20.8 Å². The van der Waals surface area contributed by atoms with Gasteiger partial charge in [0.25, 0.3) is 0 Å². The smallest absolute Gasteiger partial charge is 0.240 e. The molecule has 1 aliphatic heterocycles. The lowest BCUT2D eigenvalue weighted by Gasteiger charge is -2.24. The minimum Gasteiger partial charge on any atom is -0.350 e. The number of carbonyl (C=O) groups excluding carboxylic acids is 2. The van der Waals surface area contributed by atoms with Crippen molar-refractivity contribution >= 4 is 11.8 Å². The summed E-state index contributed by atoms with van der Waals surface area (Å²) in [5.74, 6) is -0.113. The summed E-state index contributed by atoms with van der Waals surface area (Å²) < 4.78 is 0. The first-order valence-corrected chi connectivity index (χ1v) is 6.09. The zero-order valence-electron chi connectivity index (χ0n) is 11.2. The van der Waals surface area contributed by atoms with E-state index >= 15 is 0 Å². The predicted molar refractivity (Wildman–Crippen MR) is 66.6 cm³/mol. The van der Waals surface area contributed by atoms with Gasteiger partial charge in [-0.1, -0.05) is 0 Å². The Hall–Kier alpha value is -1.10. The van der Waals surface area contributed by atoms with E-state index < -0.39 is 0 Å². The van der Waals surface area contributed by atoms with Crippen molar-refractivity contribution in [3.05, 3.63) is 0 Å². The fourth-order valence-corrected chi connectivity index (χ4v) is 1.91. The zero-order valence-corrected chi connectivity index (χ0v) is 11.2. The maximum atomic E-state index is 11.9. The van der Waals surface area contributed by atoms with Gasteiger partial charge in [0, 0.05) is 12.6 Å². The highest BCUT2D eigenvalue weighted by Gasteiger charge is 2.26. The van der Waals surface area contributed by atoms with Gasteiger partial charge >= 0.3 is 0 Å². The van der Waals surface area contributed by atoms with Crippen LogP contribution >= 0.6 is 0 Å². The topological polar surface area (TPSA) is 61.4 Å². The van der Waals surface area contributed by atoms with Gasteiger partial charge in [0.15, 0.2) is 0 Å². The van der Waals surface area contributed by atoms with E-state index in [0.717, 1.165) is 19.4 Å². The van der Waals surface area contributed by atoms with Crippen LogP contribution in [0.5, 0.6) is 0 Å². The summed E-state index contributed by atoms with van der Waals surface area (Å²) >= 11 is 0. The maximum Gasteiger partial charge on any atom is 0.240 e. The quantitative estimate of drug-likeness (QED) is 0.737. The van der Waals surface area contributed by atoms with Crippen molar-refractivity contribution in [2.75, 3.05) is 20.1 Å². The minimum atomic E-state index is -0.257. The first-order chi connectivity index (χ1) is 7.79. The van der Waals surface area contributed by atoms with Crippen LogP contribution in [0.3, 0.4) is 0 Å². The first kappa shape index (κ1) is 14.0. The molecule has 17 heavy (non-hydrogen) atoms. The molecule has 0 aliphatic carbocycles. The molecule has 0 aromatic rings. The molecule has 0 spiro atoms. The molecule has 1 atom stereocenters. The Bertz CT molecular complexity index is 291. The SMILES string of the molecule is CN(CC(=O)NC(C)(C)C)C(=O)[C@H]1CCCN1. The van der Waals surface area contributed by atoms with Crippen LogP contribution in [0, 0.1) is 0 Å². The Balaban J connectivity index is 2.40. The van der Waals surface area contributed by atoms with Gasteiger partial charge < -0.3 is 15.5 Å². The lowest BCUT2D eigenvalue weighted by Crippen LogP contribution is -2.49. The van der Waals surface area contributed by atoms with Crippen molar-refractivity contribution in [2.24, 2.45) is 0 Å². The summed E-state index contributed by atoms with van der Waals surface area (Å²) in [5, 5.41) is 5.98. The number of amides is 2. The van der Waals surface area contributed by atoms with Crippen LogP contribution in [0.15, 0.2) is 0 Å². The molecule has 0 aromatic carbocycles. The maximum absolute atomic E-state index is 11.9. The van der Waals surface area contributed by atoms with E-state index in [4.69, 9.17) is 0 Å². The van der Waals surface area contributed by atoms with Gasteiger partial charge in [-0.15, -0.1) is 0 Å². The van der Waals surface area contributed by atoms with E-state index in [-0.39, 0.29) is 29.9 Å². The average molecular weight is 241 g/mol. The number of carbonyl (C=O) groups is 2. The third-order valence-electron chi connectivity index (χ3n) is 2.63. The average Bonchev–Trinajstić information content (AvgIpc) is 2.65. The third-order valence-corrected chi connectivity index (χ3v) is 2.63. The summed E-state index contributed by atoms with van der Waals surface area (Å²) in [6, 6.07) is -0.109. The molecule has 2 amide bonds. The highest BCUT2D eigenvalue weighted by atomic mass is 16.2. The van der Waals surface area contributed by atoms with E-state index in [1.165, 1.54) is 4.90 Å². The minimum absolute atomic E-state index is 0.00607. The molecule has 5 heteroatoms. The molecule has 0 radical (unpaired) electrons. The van der Waals surface area contributed by atoms with Crippen molar-refractivity contribution in [1.82, 2.24) is 15.5 Å². The number of hydrogen-bond donors (Lipinski definition) is 2. The summed E-state index contributed by atoms with van der Waals surface area (Å²) in [6.45, 7) is 6.77. The molecule has 1 fully saturated rings. The lowest BCUT2D eigenvalue weighted by molar-refractivity contribution is -0.136. The molecule has 1 rings (SSSR count). The van der Waals surface area contributed by atoms with Crippen LogP contribution in [0.2, 0.25) is 0 Å². The Morgan fingerprint density at radius 1 is 1.41 bits per heavy atom. The molecule has 0 saturated carbocycles. The molecule has 1 saturated heterocycles. The van der Waals surface area contributed by atoms with Crippen molar-refractivity contribution in [2.45, 2.75) is 45.2 Å². The van der Waals surface area contributed by atoms with Gasteiger partial charge in [-0.05, 0) is 40.2 Å². The third kappa shape index (κ3) is 4.73. The highest BCUT2D eigenvalue weighted by Crippen LogP contribution is 2.07. The Labute approximate surface area is 103 Å². The molecule has 2 N–H and O–H groups in total. The molecule has 98 valence electrons. The Morgan fingerprint density at radius 2 is 2.06 bits per heavy atom. The fourth-order valence-electron chi connectivity index (χ4n) is 1.91. The van der Waals surface area contributed by atoms with Crippen LogP contribution in [-0.2, 0) is 9.59 Å². The van der Waals surface area contributed by atoms with Gasteiger partial charge in [0.05, 0.1) is 12.6 Å². The second-order valence-electron chi connectivity index (χ2n) is 5.64. The molecule has 1 heterocycles. The zero-order chi connectivity index (χ0) is 13.1. The molecule has 0 bridgehead atoms. The lowest BCUT2D eigenvalue weighted by atomic mass is 10.1. The standard InChI is InChI=1S/C12H23N3O2/c1-12(2,3)14-10(16)8-15(4)11(17)9-6-5-7-13-9/h9,13H,5-8H2,1-4H3,(H,14,16)/t9-/m1/s1. The number of likely N-dealkylation sites (N-methyl/N-ethyl adjacent to an activating group) is 1. The van der Waals surface area contributed by atoms with Crippen LogP contribution in [-0.4, -0.2) is 48.4 Å². The second kappa shape index (κ2) is 5.49. The molecule has 1 aliphatic rings. The molecule has 0 aromatic heterocycles. The first-order valence-electron chi connectivity index (χ1n) is 6.09. The van der Waals surface area contributed by atoms with Crippen molar-refractivity contribution < 1.29 is 9.59 Å². The summed E-state index contributed by atoms with van der Waals surface area (Å²) in [4.78, 5) is 25.1. The normalized spacial score (nSPS) is 20.1. The number of hydrogen-bond acceptors (Lipinski definition) is 3. The van der Waals surface area contributed by atoms with E-state index in [9.17, 15) is 9.59 Å². The van der Waals surface area contributed by atoms with Gasteiger partial charge in [0.2, 0.25) is 11.8 Å². The van der Waals surface area contributed by atoms with Crippen molar-refractivity contribution in [3.63, 3.8) is 0 Å². The molecular weight excluding hydrogens is 218 g/mol. The van der Waals surface area contributed by atoms with Crippen LogP contribution < -0.4 is 10.6 Å². The van der Waals surface area contributed by atoms with Crippen molar-refractivity contribution in [1.29, 1.82) is 0 Å². The fraction of sp³-hybridized carbons (Fsp3) is 0.833. The summed E-state index contributed by atoms with van der Waals surface area (Å²) in [5.41, 5.74) is -0.257. The largest absolute Gasteiger partial charge is 0.350 e. The van der Waals surface area contributed by atoms with Gasteiger partial charge in [0.1, 0.15) is 0 Å². The molecule has 0 unspecified atom stereocenters. The van der Waals surface area contributed by atoms with E-state index in [2.05, 4.69) is 10.6 Å². The summed E-state index contributed by atoms with van der Waals surface area (Å²) in [6.07, 6.45) is 1.89. The predicted octanol–water partition coefficient (Wildman–Crippen LogP) is 0.112. The van der Waals surface area contributed by atoms with E-state index in [0.29, 0.717) is 0 Å². The number of nitrogens with one attached hydrogen (secondary N) is 2. The number of nitrogens with zero attached hydrogens (tertiary/aromatic N) is 1. The second-order valence-corrected chi connectivity index (χ2v) is 5.64. The Kier molecular flexibility index (Phi) is 4.51. The number of rotatable bonds is 3.